The second-order valence-corrected chi connectivity index (χ2v) is 8.41. The van der Waals surface area contributed by atoms with Crippen LogP contribution in [0.5, 0.6) is 0 Å². The van der Waals surface area contributed by atoms with Crippen molar-refractivity contribution in [1.82, 2.24) is 5.32 Å². The molecule has 2 atom stereocenters. The smallest absolute Gasteiger partial charge is 0.407 e. The van der Waals surface area contributed by atoms with E-state index in [4.69, 9.17) is 16.3 Å². The van der Waals surface area contributed by atoms with Crippen LogP contribution in [-0.4, -0.2) is 35.6 Å². The van der Waals surface area contributed by atoms with Crippen LogP contribution in [0.4, 0.5) is 4.79 Å². The van der Waals surface area contributed by atoms with Gasteiger partial charge in [0.25, 0.3) is 0 Å². The van der Waals surface area contributed by atoms with E-state index in [0.29, 0.717) is 10.6 Å². The van der Waals surface area contributed by atoms with Crippen LogP contribution in [0.15, 0.2) is 66.7 Å². The average molecular weight is 452 g/mol. The van der Waals surface area contributed by atoms with Crippen LogP contribution in [0.2, 0.25) is 5.02 Å². The molecule has 0 aromatic heterocycles. The Hall–Kier alpha value is -2.86. The van der Waals surface area contributed by atoms with Crippen LogP contribution in [0, 0.1) is 6.92 Å². The molecule has 0 saturated heterocycles. The molecule has 0 radical (unpaired) electrons. The van der Waals surface area contributed by atoms with Gasteiger partial charge in [-0.25, -0.2) is 4.79 Å². The molecule has 0 spiro atoms. The van der Waals surface area contributed by atoms with Gasteiger partial charge in [0.2, 0.25) is 0 Å². The van der Waals surface area contributed by atoms with Crippen LogP contribution in [0.1, 0.15) is 40.7 Å². The summed E-state index contributed by atoms with van der Waals surface area (Å²) < 4.78 is 5.49. The number of nitrogens with one attached hydrogen (secondary N) is 1. The lowest BCUT2D eigenvalue weighted by Crippen LogP contribution is -2.30. The lowest BCUT2D eigenvalue weighted by molar-refractivity contribution is 0.0137. The number of hydrogen-bond donors (Lipinski definition) is 3. The summed E-state index contributed by atoms with van der Waals surface area (Å²) in [7, 11) is 0. The number of aryl methyl sites for hydroxylation is 1. The summed E-state index contributed by atoms with van der Waals surface area (Å²) in [6.07, 6.45) is -2.59. The SMILES string of the molecule is Cc1cccc(C(O)C(O)CCNC(=O)OCC2c3ccccc3-c3ccccc32)c1Cl. The molecule has 5 nitrogen and oxygen atoms in total. The highest BCUT2D eigenvalue weighted by molar-refractivity contribution is 6.32. The van der Waals surface area contributed by atoms with Crippen LogP contribution in [0.3, 0.4) is 0 Å². The predicted octanol–water partition coefficient (Wildman–Crippen LogP) is 4.97. The van der Waals surface area contributed by atoms with E-state index in [-0.39, 0.29) is 25.5 Å². The van der Waals surface area contributed by atoms with E-state index < -0.39 is 18.3 Å². The molecule has 3 N–H and O–H groups in total. The Morgan fingerprint density at radius 2 is 1.62 bits per heavy atom. The highest BCUT2D eigenvalue weighted by atomic mass is 35.5. The fourth-order valence-electron chi connectivity index (χ4n) is 4.24. The van der Waals surface area contributed by atoms with E-state index in [1.54, 1.807) is 12.1 Å². The maximum atomic E-state index is 12.2. The van der Waals surface area contributed by atoms with Crippen LogP contribution in [0.25, 0.3) is 11.1 Å². The average Bonchev–Trinajstić information content (AvgIpc) is 3.13. The van der Waals surface area contributed by atoms with Gasteiger partial charge in [0.05, 0.1) is 6.10 Å². The van der Waals surface area contributed by atoms with Gasteiger partial charge in [-0.15, -0.1) is 0 Å². The molecule has 32 heavy (non-hydrogen) atoms. The number of fused-ring (bicyclic) bond motifs is 3. The van der Waals surface area contributed by atoms with Gasteiger partial charge >= 0.3 is 6.09 Å². The molecule has 1 aliphatic rings. The maximum absolute atomic E-state index is 12.2. The number of aliphatic hydroxyl groups excluding tert-OH is 2. The number of carbonyl (C=O) groups is 1. The molecular formula is C26H26ClNO4. The van der Waals surface area contributed by atoms with Crippen molar-refractivity contribution in [3.63, 3.8) is 0 Å². The Balaban J connectivity index is 1.29. The van der Waals surface area contributed by atoms with Crippen molar-refractivity contribution in [3.05, 3.63) is 94.0 Å². The third kappa shape index (κ3) is 4.51. The fraction of sp³-hybridized carbons (Fsp3) is 0.269. The van der Waals surface area contributed by atoms with Crippen LogP contribution in [-0.2, 0) is 4.74 Å². The Kier molecular flexibility index (Phi) is 6.80. The zero-order valence-electron chi connectivity index (χ0n) is 17.8. The van der Waals surface area contributed by atoms with Gasteiger partial charge in [0.1, 0.15) is 12.7 Å². The molecular weight excluding hydrogens is 426 g/mol. The second-order valence-electron chi connectivity index (χ2n) is 8.03. The van der Waals surface area contributed by atoms with Crippen LogP contribution >= 0.6 is 11.6 Å². The molecule has 0 bridgehead atoms. The van der Waals surface area contributed by atoms with Gasteiger partial charge in [0, 0.05) is 23.0 Å². The first kappa shape index (κ1) is 22.3. The lowest BCUT2D eigenvalue weighted by atomic mass is 9.98. The number of alkyl carbamates (subject to hydrolysis) is 1. The highest BCUT2D eigenvalue weighted by Crippen LogP contribution is 2.44. The molecule has 0 heterocycles. The quantitative estimate of drug-likeness (QED) is 0.473. The molecule has 0 aliphatic heterocycles. The first-order chi connectivity index (χ1) is 15.5. The molecule has 166 valence electrons. The van der Waals surface area contributed by atoms with Gasteiger partial charge in [-0.05, 0) is 41.2 Å². The lowest BCUT2D eigenvalue weighted by Gasteiger charge is -2.20. The number of rotatable bonds is 7. The highest BCUT2D eigenvalue weighted by Gasteiger charge is 2.29. The Labute approximate surface area is 192 Å². The summed E-state index contributed by atoms with van der Waals surface area (Å²) in [6.45, 7) is 2.23. The summed E-state index contributed by atoms with van der Waals surface area (Å²) in [4.78, 5) is 12.2. The summed E-state index contributed by atoms with van der Waals surface area (Å²) in [5.74, 6) is -0.0102. The van der Waals surface area contributed by atoms with Gasteiger partial charge in [-0.3, -0.25) is 0 Å². The van der Waals surface area contributed by atoms with Crippen LogP contribution < -0.4 is 5.32 Å². The Morgan fingerprint density at radius 3 is 2.28 bits per heavy atom. The van der Waals surface area contributed by atoms with Gasteiger partial charge in [0.15, 0.2) is 0 Å². The molecule has 3 aromatic rings. The minimum absolute atomic E-state index is 0.0102. The van der Waals surface area contributed by atoms with E-state index >= 15 is 0 Å². The van der Waals surface area contributed by atoms with E-state index in [9.17, 15) is 15.0 Å². The minimum atomic E-state index is -1.13. The van der Waals surface area contributed by atoms with Crippen molar-refractivity contribution in [2.24, 2.45) is 0 Å². The molecule has 2 unspecified atom stereocenters. The van der Waals surface area contributed by atoms with Gasteiger partial charge in [-0.2, -0.15) is 0 Å². The number of ether oxygens (including phenoxy) is 1. The monoisotopic (exact) mass is 451 g/mol. The number of benzene rings is 3. The fourth-order valence-corrected chi connectivity index (χ4v) is 4.47. The van der Waals surface area contributed by atoms with E-state index in [0.717, 1.165) is 16.7 Å². The first-order valence-corrected chi connectivity index (χ1v) is 11.0. The van der Waals surface area contributed by atoms with Gasteiger partial charge in [-0.1, -0.05) is 78.3 Å². The second kappa shape index (κ2) is 9.74. The number of amides is 1. The topological polar surface area (TPSA) is 78.8 Å². The molecule has 6 heteroatoms. The summed E-state index contributed by atoms with van der Waals surface area (Å²) >= 11 is 6.23. The molecule has 0 fully saturated rings. The predicted molar refractivity (Wildman–Crippen MR) is 125 cm³/mol. The van der Waals surface area contributed by atoms with E-state index in [2.05, 4.69) is 29.6 Å². The largest absolute Gasteiger partial charge is 0.449 e. The van der Waals surface area contributed by atoms with E-state index in [1.165, 1.54) is 11.1 Å². The van der Waals surface area contributed by atoms with Crippen molar-refractivity contribution >= 4 is 17.7 Å². The maximum Gasteiger partial charge on any atom is 0.407 e. The number of aliphatic hydroxyl groups is 2. The van der Waals surface area contributed by atoms with E-state index in [1.807, 2.05) is 37.3 Å². The van der Waals surface area contributed by atoms with Crippen molar-refractivity contribution < 1.29 is 19.7 Å². The van der Waals surface area contributed by atoms with Crippen molar-refractivity contribution in [1.29, 1.82) is 0 Å². The summed E-state index contributed by atoms with van der Waals surface area (Å²) in [5.41, 5.74) is 5.94. The molecule has 3 aromatic carbocycles. The molecule has 4 rings (SSSR count). The first-order valence-electron chi connectivity index (χ1n) is 10.7. The molecule has 1 aliphatic carbocycles. The van der Waals surface area contributed by atoms with Crippen molar-refractivity contribution in [3.8, 4) is 11.1 Å². The number of halogens is 1. The summed E-state index contributed by atoms with van der Waals surface area (Å²) in [5, 5.41) is 23.8. The number of carbonyl (C=O) groups excluding carboxylic acids is 1. The van der Waals surface area contributed by atoms with Gasteiger partial charge < -0.3 is 20.3 Å². The normalized spacial score (nSPS) is 14.4. The molecule has 1 amide bonds. The minimum Gasteiger partial charge on any atom is -0.449 e. The van der Waals surface area contributed by atoms with Crippen molar-refractivity contribution in [2.45, 2.75) is 31.5 Å². The number of hydrogen-bond acceptors (Lipinski definition) is 4. The Bertz CT molecular complexity index is 1070. The third-order valence-corrected chi connectivity index (χ3v) is 6.47. The zero-order chi connectivity index (χ0) is 22.7. The Morgan fingerprint density at radius 1 is 1.00 bits per heavy atom. The third-order valence-electron chi connectivity index (χ3n) is 5.96. The summed E-state index contributed by atoms with van der Waals surface area (Å²) in [6, 6.07) is 21.6. The molecule has 0 saturated carbocycles. The van der Waals surface area contributed by atoms with Crippen molar-refractivity contribution in [2.75, 3.05) is 13.2 Å². The zero-order valence-corrected chi connectivity index (χ0v) is 18.5. The standard InChI is InChI=1S/C26H26ClNO4/c1-16-7-6-12-21(24(16)27)25(30)23(29)13-14-28-26(31)32-15-22-19-10-4-2-8-17(19)18-9-3-5-11-20(18)22/h2-12,22-23,25,29-30H,13-15H2,1H3,(H,28,31).